The van der Waals surface area contributed by atoms with E-state index < -0.39 is 0 Å². The van der Waals surface area contributed by atoms with E-state index >= 15 is 0 Å². The maximum absolute atomic E-state index is 5.76. The highest BCUT2D eigenvalue weighted by Gasteiger charge is 2.16. The number of nitrogens with zero attached hydrogens (tertiary/aromatic N) is 4. The van der Waals surface area contributed by atoms with Crippen LogP contribution in [0.1, 0.15) is 11.9 Å². The molecule has 0 fully saturated rings. The fraction of sp³-hybridized carbons (Fsp3) is 0.167. The zero-order valence-electron chi connectivity index (χ0n) is 13.6. The normalized spacial score (nSPS) is 10.9. The van der Waals surface area contributed by atoms with Crippen LogP contribution in [0.3, 0.4) is 0 Å². The minimum atomic E-state index is 0.393. The molecule has 2 heterocycles. The molecule has 0 aliphatic heterocycles. The second kappa shape index (κ2) is 6.90. The summed E-state index contributed by atoms with van der Waals surface area (Å²) in [6, 6.07) is 17.4. The molecule has 7 heteroatoms. The standard InChI is InChI=1S/C18H16N4O2S/c1-2-23-15-11-7-6-10-14(15)17-19-20-18-22(17)21-16(25-18)12-24-13-8-4-3-5-9-13/h3-11H,2,12H2,1H3. The van der Waals surface area contributed by atoms with E-state index in [9.17, 15) is 0 Å². The van der Waals surface area contributed by atoms with Gasteiger partial charge in [-0.1, -0.05) is 41.7 Å². The molecule has 0 saturated heterocycles. The van der Waals surface area contributed by atoms with Gasteiger partial charge in [0.15, 0.2) is 10.8 Å². The van der Waals surface area contributed by atoms with Crippen molar-refractivity contribution >= 4 is 16.3 Å². The summed E-state index contributed by atoms with van der Waals surface area (Å²) in [6.07, 6.45) is 0. The van der Waals surface area contributed by atoms with Crippen LogP contribution in [-0.2, 0) is 6.61 Å². The van der Waals surface area contributed by atoms with E-state index in [-0.39, 0.29) is 0 Å². The lowest BCUT2D eigenvalue weighted by molar-refractivity contribution is 0.304. The highest BCUT2D eigenvalue weighted by atomic mass is 32.1. The van der Waals surface area contributed by atoms with E-state index in [0.717, 1.165) is 27.0 Å². The minimum absolute atomic E-state index is 0.393. The van der Waals surface area contributed by atoms with E-state index in [1.807, 2.05) is 61.5 Å². The first-order valence-electron chi connectivity index (χ1n) is 7.96. The number of hydrogen-bond acceptors (Lipinski definition) is 6. The molecule has 0 aliphatic carbocycles. The Labute approximate surface area is 148 Å². The van der Waals surface area contributed by atoms with Gasteiger partial charge in [-0.05, 0) is 31.2 Å². The van der Waals surface area contributed by atoms with Gasteiger partial charge in [-0.2, -0.15) is 9.61 Å². The van der Waals surface area contributed by atoms with Crippen molar-refractivity contribution in [2.45, 2.75) is 13.5 Å². The molecule has 4 aromatic rings. The van der Waals surface area contributed by atoms with Crippen LogP contribution in [0.4, 0.5) is 0 Å². The molecule has 25 heavy (non-hydrogen) atoms. The number of fused-ring (bicyclic) bond motifs is 1. The third-order valence-electron chi connectivity index (χ3n) is 3.57. The zero-order valence-corrected chi connectivity index (χ0v) is 14.4. The second-order valence-electron chi connectivity index (χ2n) is 5.24. The van der Waals surface area contributed by atoms with Crippen molar-refractivity contribution in [3.8, 4) is 22.9 Å². The summed E-state index contributed by atoms with van der Waals surface area (Å²) >= 11 is 1.46. The quantitative estimate of drug-likeness (QED) is 0.528. The SMILES string of the molecule is CCOc1ccccc1-c1nnc2sc(COc3ccccc3)nn12. The fourth-order valence-corrected chi connectivity index (χ4v) is 3.22. The fourth-order valence-electron chi connectivity index (χ4n) is 2.48. The summed E-state index contributed by atoms with van der Waals surface area (Å²) in [5, 5.41) is 13.9. The van der Waals surface area contributed by atoms with Gasteiger partial charge < -0.3 is 9.47 Å². The van der Waals surface area contributed by atoms with Crippen molar-refractivity contribution in [2.24, 2.45) is 0 Å². The van der Waals surface area contributed by atoms with Crippen LogP contribution >= 0.6 is 11.3 Å². The van der Waals surface area contributed by atoms with Gasteiger partial charge in [-0.15, -0.1) is 10.2 Å². The monoisotopic (exact) mass is 352 g/mol. The maximum atomic E-state index is 5.76. The summed E-state index contributed by atoms with van der Waals surface area (Å²) in [4.78, 5) is 0.730. The number of ether oxygens (including phenoxy) is 2. The predicted molar refractivity (Wildman–Crippen MR) is 96.0 cm³/mol. The van der Waals surface area contributed by atoms with E-state index in [0.29, 0.717) is 19.0 Å². The first-order chi connectivity index (χ1) is 12.3. The van der Waals surface area contributed by atoms with Crippen LogP contribution in [0.25, 0.3) is 16.3 Å². The van der Waals surface area contributed by atoms with Gasteiger partial charge in [0, 0.05) is 0 Å². The van der Waals surface area contributed by atoms with Gasteiger partial charge in [-0.25, -0.2) is 0 Å². The highest BCUT2D eigenvalue weighted by molar-refractivity contribution is 7.16. The molecule has 126 valence electrons. The smallest absolute Gasteiger partial charge is 0.235 e. The lowest BCUT2D eigenvalue weighted by atomic mass is 10.2. The van der Waals surface area contributed by atoms with Crippen molar-refractivity contribution in [1.82, 2.24) is 19.8 Å². The van der Waals surface area contributed by atoms with Gasteiger partial charge in [0.25, 0.3) is 0 Å². The van der Waals surface area contributed by atoms with E-state index in [4.69, 9.17) is 9.47 Å². The summed E-state index contributed by atoms with van der Waals surface area (Å²) < 4.78 is 13.2. The molecule has 0 amide bonds. The van der Waals surface area contributed by atoms with Crippen molar-refractivity contribution in [3.63, 3.8) is 0 Å². The number of hydrogen-bond donors (Lipinski definition) is 0. The Kier molecular flexibility index (Phi) is 4.30. The van der Waals surface area contributed by atoms with Crippen molar-refractivity contribution < 1.29 is 9.47 Å². The molecule has 2 aromatic carbocycles. The predicted octanol–water partition coefficient (Wildman–Crippen LogP) is 3.83. The molecule has 2 aromatic heterocycles. The third kappa shape index (κ3) is 3.18. The molecule has 0 bridgehead atoms. The number of aromatic nitrogens is 4. The first kappa shape index (κ1) is 15.6. The van der Waals surface area contributed by atoms with Gasteiger partial charge in [0.1, 0.15) is 18.1 Å². The largest absolute Gasteiger partial charge is 0.493 e. The average molecular weight is 352 g/mol. The number of benzene rings is 2. The molecule has 0 N–H and O–H groups in total. The van der Waals surface area contributed by atoms with Crippen LogP contribution < -0.4 is 9.47 Å². The Morgan fingerprint density at radius 2 is 1.76 bits per heavy atom. The van der Waals surface area contributed by atoms with Crippen LogP contribution in [0.15, 0.2) is 54.6 Å². The molecule has 0 radical (unpaired) electrons. The third-order valence-corrected chi connectivity index (χ3v) is 4.44. The summed E-state index contributed by atoms with van der Waals surface area (Å²) in [7, 11) is 0. The molecule has 0 saturated carbocycles. The van der Waals surface area contributed by atoms with Crippen LogP contribution in [0, 0.1) is 0 Å². The topological polar surface area (TPSA) is 61.5 Å². The lowest BCUT2D eigenvalue weighted by Crippen LogP contribution is -1.99. The molecular weight excluding hydrogens is 336 g/mol. The van der Waals surface area contributed by atoms with Gasteiger partial charge >= 0.3 is 0 Å². The van der Waals surface area contributed by atoms with Gasteiger partial charge in [0.2, 0.25) is 4.96 Å². The molecule has 6 nitrogen and oxygen atoms in total. The Morgan fingerprint density at radius 1 is 0.960 bits per heavy atom. The van der Waals surface area contributed by atoms with Crippen molar-refractivity contribution in [3.05, 3.63) is 59.6 Å². The van der Waals surface area contributed by atoms with Gasteiger partial charge in [0.05, 0.1) is 12.2 Å². The maximum Gasteiger partial charge on any atom is 0.235 e. The van der Waals surface area contributed by atoms with Gasteiger partial charge in [-0.3, -0.25) is 0 Å². The molecule has 0 spiro atoms. The highest BCUT2D eigenvalue weighted by Crippen LogP contribution is 2.30. The number of rotatable bonds is 6. The summed E-state index contributed by atoms with van der Waals surface area (Å²) in [5.41, 5.74) is 0.873. The van der Waals surface area contributed by atoms with E-state index in [1.54, 1.807) is 4.52 Å². The molecule has 4 rings (SSSR count). The molecule has 0 unspecified atom stereocenters. The van der Waals surface area contributed by atoms with Crippen LogP contribution in [0.2, 0.25) is 0 Å². The van der Waals surface area contributed by atoms with Crippen LogP contribution in [-0.4, -0.2) is 26.4 Å². The zero-order chi connectivity index (χ0) is 17.1. The molecule has 0 aliphatic rings. The first-order valence-corrected chi connectivity index (χ1v) is 8.78. The Hall–Kier alpha value is -2.93. The molecular formula is C18H16N4O2S. The number of para-hydroxylation sites is 2. The van der Waals surface area contributed by atoms with Crippen molar-refractivity contribution in [2.75, 3.05) is 6.61 Å². The van der Waals surface area contributed by atoms with Crippen LogP contribution in [0.5, 0.6) is 11.5 Å². The second-order valence-corrected chi connectivity index (χ2v) is 6.29. The Balaban J connectivity index is 1.63. The van der Waals surface area contributed by atoms with Crippen molar-refractivity contribution in [1.29, 1.82) is 0 Å². The minimum Gasteiger partial charge on any atom is -0.493 e. The van der Waals surface area contributed by atoms with E-state index in [1.165, 1.54) is 11.3 Å². The Morgan fingerprint density at radius 3 is 2.60 bits per heavy atom. The average Bonchev–Trinajstić information content (AvgIpc) is 3.22. The summed E-state index contributed by atoms with van der Waals surface area (Å²) in [5.74, 6) is 2.26. The lowest BCUT2D eigenvalue weighted by Gasteiger charge is -2.07. The Bertz CT molecular complexity index is 981. The molecule has 0 atom stereocenters. The van der Waals surface area contributed by atoms with E-state index in [2.05, 4.69) is 15.3 Å². The summed E-state index contributed by atoms with van der Waals surface area (Å²) in [6.45, 7) is 2.94.